The molecule has 1 N–H and O–H groups in total. The van der Waals surface area contributed by atoms with Crippen LogP contribution >= 0.6 is 0 Å². The molecule has 0 unspecified atom stereocenters. The lowest BCUT2D eigenvalue weighted by molar-refractivity contribution is -0.117. The van der Waals surface area contributed by atoms with Gasteiger partial charge in [-0.3, -0.25) is 9.69 Å². The van der Waals surface area contributed by atoms with Gasteiger partial charge in [0.2, 0.25) is 5.91 Å². The summed E-state index contributed by atoms with van der Waals surface area (Å²) >= 11 is 0. The van der Waals surface area contributed by atoms with Crippen LogP contribution in [0.25, 0.3) is 10.8 Å². The van der Waals surface area contributed by atoms with Crippen molar-refractivity contribution in [3.8, 4) is 0 Å². The molecular weight excluding hydrogens is 324 g/mol. The first-order valence-electron chi connectivity index (χ1n) is 8.95. The van der Waals surface area contributed by atoms with E-state index in [-0.39, 0.29) is 5.91 Å². The number of benzene rings is 2. The molecule has 5 heteroatoms. The molecule has 1 aromatic heterocycles. The topological polar surface area (TPSA) is 48.5 Å². The van der Waals surface area contributed by atoms with E-state index in [1.165, 1.54) is 16.5 Å². The minimum Gasteiger partial charge on any atom is -0.368 e. The lowest BCUT2D eigenvalue weighted by Gasteiger charge is -2.36. The van der Waals surface area contributed by atoms with Crippen LogP contribution in [0.1, 0.15) is 0 Å². The number of carbonyl (C=O) groups excluding carboxylic acids is 1. The van der Waals surface area contributed by atoms with Crippen LogP contribution in [-0.2, 0) is 4.79 Å². The van der Waals surface area contributed by atoms with Crippen LogP contribution in [0, 0.1) is 0 Å². The quantitative estimate of drug-likeness (QED) is 0.789. The van der Waals surface area contributed by atoms with E-state index < -0.39 is 0 Å². The summed E-state index contributed by atoms with van der Waals surface area (Å²) < 4.78 is 0. The zero-order valence-corrected chi connectivity index (χ0v) is 14.6. The molecule has 1 aliphatic rings. The number of nitrogens with one attached hydrogen (secondary N) is 1. The Balaban J connectivity index is 1.36. The monoisotopic (exact) mass is 346 g/mol. The molecule has 3 aromatic rings. The van der Waals surface area contributed by atoms with Gasteiger partial charge in [-0.2, -0.15) is 0 Å². The second-order valence-electron chi connectivity index (χ2n) is 6.52. The molecule has 0 atom stereocenters. The molecular formula is C21H22N4O. The Hall–Kier alpha value is -2.92. The average molecular weight is 346 g/mol. The summed E-state index contributed by atoms with van der Waals surface area (Å²) in [5.41, 5.74) is 1.28. The maximum absolute atomic E-state index is 12.2. The molecule has 0 saturated carbocycles. The van der Waals surface area contributed by atoms with E-state index in [1.807, 2.05) is 12.1 Å². The van der Waals surface area contributed by atoms with Crippen molar-refractivity contribution in [1.82, 2.24) is 9.88 Å². The van der Waals surface area contributed by atoms with Crippen LogP contribution in [0.3, 0.4) is 0 Å². The van der Waals surface area contributed by atoms with Crippen molar-refractivity contribution in [2.75, 3.05) is 42.9 Å². The summed E-state index contributed by atoms with van der Waals surface area (Å²) in [4.78, 5) is 20.9. The van der Waals surface area contributed by atoms with E-state index in [0.29, 0.717) is 12.4 Å². The molecule has 0 radical (unpaired) electrons. The number of aromatic nitrogens is 1. The normalized spacial score (nSPS) is 15.2. The highest BCUT2D eigenvalue weighted by Gasteiger charge is 2.20. The molecule has 5 nitrogen and oxygen atoms in total. The molecule has 26 heavy (non-hydrogen) atoms. The van der Waals surface area contributed by atoms with Gasteiger partial charge in [-0.25, -0.2) is 4.98 Å². The van der Waals surface area contributed by atoms with Gasteiger partial charge in [-0.15, -0.1) is 0 Å². The van der Waals surface area contributed by atoms with Crippen molar-refractivity contribution in [2.24, 2.45) is 0 Å². The highest BCUT2D eigenvalue weighted by molar-refractivity contribution is 5.94. The second kappa shape index (κ2) is 7.54. The Bertz CT molecular complexity index is 883. The third-order valence-electron chi connectivity index (χ3n) is 4.78. The van der Waals surface area contributed by atoms with Crippen molar-refractivity contribution in [1.29, 1.82) is 0 Å². The van der Waals surface area contributed by atoms with E-state index in [9.17, 15) is 4.79 Å². The van der Waals surface area contributed by atoms with E-state index in [1.54, 1.807) is 12.3 Å². The van der Waals surface area contributed by atoms with Gasteiger partial charge in [-0.05, 0) is 23.6 Å². The van der Waals surface area contributed by atoms with Crippen LogP contribution < -0.4 is 10.2 Å². The zero-order valence-electron chi connectivity index (χ0n) is 14.6. The smallest absolute Gasteiger partial charge is 0.239 e. The number of fused-ring (bicyclic) bond motifs is 1. The van der Waals surface area contributed by atoms with Gasteiger partial charge in [0.25, 0.3) is 0 Å². The first-order chi connectivity index (χ1) is 12.8. The maximum atomic E-state index is 12.2. The highest BCUT2D eigenvalue weighted by Crippen LogP contribution is 2.27. The van der Waals surface area contributed by atoms with Crippen LogP contribution in [0.4, 0.5) is 11.5 Å². The fourth-order valence-corrected chi connectivity index (χ4v) is 3.45. The number of amides is 1. The van der Waals surface area contributed by atoms with Crippen molar-refractivity contribution >= 4 is 28.2 Å². The highest BCUT2D eigenvalue weighted by atomic mass is 16.2. The predicted molar refractivity (Wildman–Crippen MR) is 105 cm³/mol. The summed E-state index contributed by atoms with van der Waals surface area (Å²) in [7, 11) is 0. The summed E-state index contributed by atoms with van der Waals surface area (Å²) in [6.07, 6.45) is 1.68. The minimum atomic E-state index is -0.0117. The van der Waals surface area contributed by atoms with E-state index >= 15 is 0 Å². The Kier molecular flexibility index (Phi) is 4.80. The third-order valence-corrected chi connectivity index (χ3v) is 4.78. The standard InChI is InChI=1S/C21H22N4O/c26-21(23-20-10-3-4-11-22-20)16-24-12-14-25(15-13-24)19-9-5-7-17-6-1-2-8-18(17)19/h1-11H,12-16H2,(H,22,23,26). The zero-order chi connectivity index (χ0) is 17.8. The Morgan fingerprint density at radius 2 is 1.69 bits per heavy atom. The van der Waals surface area contributed by atoms with Crippen molar-refractivity contribution in [3.63, 3.8) is 0 Å². The van der Waals surface area contributed by atoms with Gasteiger partial charge in [0, 0.05) is 43.4 Å². The Morgan fingerprint density at radius 3 is 2.50 bits per heavy atom. The summed E-state index contributed by atoms with van der Waals surface area (Å²) in [6, 6.07) is 20.4. The lowest BCUT2D eigenvalue weighted by atomic mass is 10.1. The van der Waals surface area contributed by atoms with Gasteiger partial charge in [0.1, 0.15) is 5.82 Å². The van der Waals surface area contributed by atoms with Gasteiger partial charge < -0.3 is 10.2 Å². The molecule has 2 heterocycles. The van der Waals surface area contributed by atoms with Crippen molar-refractivity contribution in [3.05, 3.63) is 66.9 Å². The summed E-state index contributed by atoms with van der Waals surface area (Å²) in [5, 5.41) is 5.41. The van der Waals surface area contributed by atoms with Gasteiger partial charge in [-0.1, -0.05) is 42.5 Å². The number of rotatable bonds is 4. The van der Waals surface area contributed by atoms with Crippen LogP contribution in [-0.4, -0.2) is 48.5 Å². The molecule has 0 bridgehead atoms. The van der Waals surface area contributed by atoms with Crippen molar-refractivity contribution < 1.29 is 4.79 Å². The number of nitrogens with zero attached hydrogens (tertiary/aromatic N) is 3. The molecule has 1 saturated heterocycles. The van der Waals surface area contributed by atoms with Crippen LogP contribution in [0.5, 0.6) is 0 Å². The number of hydrogen-bond acceptors (Lipinski definition) is 4. The number of carbonyl (C=O) groups is 1. The summed E-state index contributed by atoms with van der Waals surface area (Å²) in [5.74, 6) is 0.592. The molecule has 1 amide bonds. The second-order valence-corrected chi connectivity index (χ2v) is 6.52. The molecule has 0 spiro atoms. The molecule has 0 aliphatic carbocycles. The fraction of sp³-hybridized carbons (Fsp3) is 0.238. The van der Waals surface area contributed by atoms with E-state index in [2.05, 4.69) is 62.6 Å². The van der Waals surface area contributed by atoms with E-state index in [4.69, 9.17) is 0 Å². The van der Waals surface area contributed by atoms with Crippen LogP contribution in [0.2, 0.25) is 0 Å². The van der Waals surface area contributed by atoms with E-state index in [0.717, 1.165) is 26.2 Å². The SMILES string of the molecule is O=C(CN1CCN(c2cccc3ccccc23)CC1)Nc1ccccn1. The average Bonchev–Trinajstić information content (AvgIpc) is 2.69. The third kappa shape index (κ3) is 3.68. The van der Waals surface area contributed by atoms with Gasteiger partial charge >= 0.3 is 0 Å². The number of anilines is 2. The Labute approximate surface area is 153 Å². The van der Waals surface area contributed by atoms with Crippen molar-refractivity contribution in [2.45, 2.75) is 0 Å². The fourth-order valence-electron chi connectivity index (χ4n) is 3.45. The van der Waals surface area contributed by atoms with Gasteiger partial charge in [0.15, 0.2) is 0 Å². The van der Waals surface area contributed by atoms with Gasteiger partial charge in [0.05, 0.1) is 6.54 Å². The first-order valence-corrected chi connectivity index (χ1v) is 8.95. The Morgan fingerprint density at radius 1 is 0.923 bits per heavy atom. The minimum absolute atomic E-state index is 0.0117. The largest absolute Gasteiger partial charge is 0.368 e. The molecule has 4 rings (SSSR count). The first kappa shape index (κ1) is 16.5. The van der Waals surface area contributed by atoms with Crippen LogP contribution in [0.15, 0.2) is 66.9 Å². The summed E-state index contributed by atoms with van der Waals surface area (Å²) in [6.45, 7) is 3.99. The maximum Gasteiger partial charge on any atom is 0.239 e. The number of hydrogen-bond donors (Lipinski definition) is 1. The predicted octanol–water partition coefficient (Wildman–Crippen LogP) is 3.00. The molecule has 132 valence electrons. The molecule has 2 aromatic carbocycles. The lowest BCUT2D eigenvalue weighted by Crippen LogP contribution is -2.48. The molecule has 1 fully saturated rings. The number of pyridine rings is 1. The molecule has 1 aliphatic heterocycles. The number of piperazine rings is 1.